The van der Waals surface area contributed by atoms with Crippen molar-refractivity contribution in [1.29, 1.82) is 0 Å². The van der Waals surface area contributed by atoms with Crippen molar-refractivity contribution in [3.8, 4) is 11.5 Å². The van der Waals surface area contributed by atoms with Gasteiger partial charge in [0.05, 0.1) is 25.5 Å². The molecule has 0 saturated carbocycles. The van der Waals surface area contributed by atoms with Crippen molar-refractivity contribution in [2.24, 2.45) is 0 Å². The first kappa shape index (κ1) is 19.1. The standard InChI is InChI=1S/C20H19FN4O3/c1-27-16-7-8-17(18(9-16)28-2)25-19(26)14-11-23-20(24-12-14)22-10-13-3-5-15(21)6-4-13/h3-9,11-12H,10H2,1-2H3,(H,25,26)(H,22,23,24). The van der Waals surface area contributed by atoms with Crippen LogP contribution in [0, 0.1) is 5.82 Å². The second-order valence-corrected chi connectivity index (χ2v) is 5.80. The summed E-state index contributed by atoms with van der Waals surface area (Å²) in [6, 6.07) is 11.2. The number of amides is 1. The normalized spacial score (nSPS) is 10.2. The average molecular weight is 382 g/mol. The number of methoxy groups -OCH3 is 2. The molecule has 28 heavy (non-hydrogen) atoms. The maximum absolute atomic E-state index is 12.9. The number of carbonyl (C=O) groups is 1. The van der Waals surface area contributed by atoms with E-state index < -0.39 is 0 Å². The second kappa shape index (κ2) is 8.81. The lowest BCUT2D eigenvalue weighted by atomic mass is 10.2. The predicted octanol–water partition coefficient (Wildman–Crippen LogP) is 3.50. The highest BCUT2D eigenvalue weighted by molar-refractivity contribution is 6.04. The molecule has 1 aromatic heterocycles. The quantitative estimate of drug-likeness (QED) is 0.651. The Balaban J connectivity index is 1.62. The number of nitrogens with zero attached hydrogens (tertiary/aromatic N) is 2. The molecule has 0 atom stereocenters. The van der Waals surface area contributed by atoms with Crippen molar-refractivity contribution in [3.05, 3.63) is 71.8 Å². The fourth-order valence-corrected chi connectivity index (χ4v) is 2.42. The van der Waals surface area contributed by atoms with Gasteiger partial charge in [0.1, 0.15) is 17.3 Å². The Kier molecular flexibility index (Phi) is 6.01. The van der Waals surface area contributed by atoms with Gasteiger partial charge in [0.2, 0.25) is 5.95 Å². The summed E-state index contributed by atoms with van der Waals surface area (Å²) >= 11 is 0. The first-order chi connectivity index (χ1) is 13.6. The molecule has 0 fully saturated rings. The van der Waals surface area contributed by atoms with E-state index in [1.165, 1.54) is 31.6 Å². The van der Waals surface area contributed by atoms with Crippen LogP contribution in [-0.4, -0.2) is 30.1 Å². The number of aromatic nitrogens is 2. The Labute approximate surface area is 161 Å². The lowest BCUT2D eigenvalue weighted by molar-refractivity contribution is 0.102. The van der Waals surface area contributed by atoms with Gasteiger partial charge in [0.25, 0.3) is 5.91 Å². The molecule has 0 radical (unpaired) electrons. The molecule has 0 aliphatic rings. The summed E-state index contributed by atoms with van der Waals surface area (Å²) in [6.45, 7) is 0.439. The van der Waals surface area contributed by atoms with Gasteiger partial charge in [-0.3, -0.25) is 4.79 Å². The molecule has 1 heterocycles. The van der Waals surface area contributed by atoms with Gasteiger partial charge in [-0.2, -0.15) is 0 Å². The fraction of sp³-hybridized carbons (Fsp3) is 0.150. The highest BCUT2D eigenvalue weighted by Crippen LogP contribution is 2.29. The maximum Gasteiger partial charge on any atom is 0.258 e. The van der Waals surface area contributed by atoms with Gasteiger partial charge in [-0.25, -0.2) is 14.4 Å². The molecular formula is C20H19FN4O3. The topological polar surface area (TPSA) is 85.4 Å². The van der Waals surface area contributed by atoms with E-state index in [0.717, 1.165) is 5.56 Å². The number of rotatable bonds is 7. The zero-order valence-electron chi connectivity index (χ0n) is 15.4. The van der Waals surface area contributed by atoms with Crippen molar-refractivity contribution < 1.29 is 18.7 Å². The zero-order chi connectivity index (χ0) is 19.9. The highest BCUT2D eigenvalue weighted by atomic mass is 19.1. The number of ether oxygens (including phenoxy) is 2. The lowest BCUT2D eigenvalue weighted by Gasteiger charge is -2.11. The number of hydrogen-bond donors (Lipinski definition) is 2. The third-order valence-corrected chi connectivity index (χ3v) is 3.93. The molecule has 0 aliphatic heterocycles. The Hall–Kier alpha value is -3.68. The summed E-state index contributed by atoms with van der Waals surface area (Å²) in [6.07, 6.45) is 2.84. The lowest BCUT2D eigenvalue weighted by Crippen LogP contribution is -2.14. The van der Waals surface area contributed by atoms with Crippen LogP contribution in [0.3, 0.4) is 0 Å². The number of anilines is 2. The van der Waals surface area contributed by atoms with Crippen LogP contribution < -0.4 is 20.1 Å². The van der Waals surface area contributed by atoms with Crippen LogP contribution in [0.1, 0.15) is 15.9 Å². The molecule has 2 aromatic carbocycles. The van der Waals surface area contributed by atoms with Crippen LogP contribution in [0.5, 0.6) is 11.5 Å². The van der Waals surface area contributed by atoms with Crippen molar-refractivity contribution in [1.82, 2.24) is 9.97 Å². The van der Waals surface area contributed by atoms with Gasteiger partial charge in [0.15, 0.2) is 0 Å². The minimum atomic E-state index is -0.367. The molecule has 0 bridgehead atoms. The van der Waals surface area contributed by atoms with Gasteiger partial charge in [-0.15, -0.1) is 0 Å². The third kappa shape index (κ3) is 4.73. The number of halogens is 1. The van der Waals surface area contributed by atoms with Crippen LogP contribution >= 0.6 is 0 Å². The number of hydrogen-bond acceptors (Lipinski definition) is 6. The molecule has 8 heteroatoms. The number of carbonyl (C=O) groups excluding carboxylic acids is 1. The van der Waals surface area contributed by atoms with E-state index in [2.05, 4.69) is 20.6 Å². The van der Waals surface area contributed by atoms with Crippen LogP contribution in [0.15, 0.2) is 54.9 Å². The van der Waals surface area contributed by atoms with E-state index in [9.17, 15) is 9.18 Å². The van der Waals surface area contributed by atoms with Gasteiger partial charge < -0.3 is 20.1 Å². The van der Waals surface area contributed by atoms with Gasteiger partial charge in [-0.1, -0.05) is 12.1 Å². The van der Waals surface area contributed by atoms with E-state index in [1.807, 2.05) is 0 Å². The Bertz CT molecular complexity index is 947. The summed E-state index contributed by atoms with van der Waals surface area (Å²) in [5, 5.41) is 5.77. The zero-order valence-corrected chi connectivity index (χ0v) is 15.4. The first-order valence-electron chi connectivity index (χ1n) is 8.43. The molecule has 3 rings (SSSR count). The van der Waals surface area contributed by atoms with Crippen molar-refractivity contribution in [2.75, 3.05) is 24.9 Å². The van der Waals surface area contributed by atoms with Crippen molar-refractivity contribution >= 4 is 17.5 Å². The average Bonchev–Trinajstić information content (AvgIpc) is 2.74. The van der Waals surface area contributed by atoms with E-state index in [0.29, 0.717) is 35.2 Å². The van der Waals surface area contributed by atoms with E-state index >= 15 is 0 Å². The summed E-state index contributed by atoms with van der Waals surface area (Å²) in [5.41, 5.74) is 1.69. The van der Waals surface area contributed by atoms with Crippen LogP contribution in [-0.2, 0) is 6.54 Å². The highest BCUT2D eigenvalue weighted by Gasteiger charge is 2.12. The summed E-state index contributed by atoms with van der Waals surface area (Å²) in [4.78, 5) is 20.7. The Morgan fingerprint density at radius 2 is 1.75 bits per heavy atom. The fourth-order valence-electron chi connectivity index (χ4n) is 2.42. The molecule has 0 spiro atoms. The van der Waals surface area contributed by atoms with E-state index in [-0.39, 0.29) is 11.7 Å². The SMILES string of the molecule is COc1ccc(NC(=O)c2cnc(NCc3ccc(F)cc3)nc2)c(OC)c1. The largest absolute Gasteiger partial charge is 0.497 e. The van der Waals surface area contributed by atoms with Crippen LogP contribution in [0.4, 0.5) is 16.0 Å². The third-order valence-electron chi connectivity index (χ3n) is 3.93. The molecule has 0 saturated heterocycles. The molecule has 7 nitrogen and oxygen atoms in total. The first-order valence-corrected chi connectivity index (χ1v) is 8.43. The summed E-state index contributed by atoms with van der Waals surface area (Å²) in [5.74, 6) is 0.807. The molecule has 0 aliphatic carbocycles. The monoisotopic (exact) mass is 382 g/mol. The molecule has 1 amide bonds. The predicted molar refractivity (Wildman–Crippen MR) is 103 cm³/mol. The Morgan fingerprint density at radius 1 is 1.04 bits per heavy atom. The Morgan fingerprint density at radius 3 is 2.39 bits per heavy atom. The molecule has 0 unspecified atom stereocenters. The van der Waals surface area contributed by atoms with Crippen LogP contribution in [0.25, 0.3) is 0 Å². The maximum atomic E-state index is 12.9. The minimum absolute atomic E-state index is 0.288. The smallest absolute Gasteiger partial charge is 0.258 e. The van der Waals surface area contributed by atoms with E-state index in [4.69, 9.17) is 9.47 Å². The van der Waals surface area contributed by atoms with Gasteiger partial charge in [0, 0.05) is 25.0 Å². The van der Waals surface area contributed by atoms with Gasteiger partial charge in [-0.05, 0) is 29.8 Å². The second-order valence-electron chi connectivity index (χ2n) is 5.80. The number of nitrogens with one attached hydrogen (secondary N) is 2. The summed E-state index contributed by atoms with van der Waals surface area (Å²) in [7, 11) is 3.06. The van der Waals surface area contributed by atoms with Gasteiger partial charge >= 0.3 is 0 Å². The van der Waals surface area contributed by atoms with Crippen molar-refractivity contribution in [2.45, 2.75) is 6.54 Å². The van der Waals surface area contributed by atoms with Crippen molar-refractivity contribution in [3.63, 3.8) is 0 Å². The molecule has 2 N–H and O–H groups in total. The molecular weight excluding hydrogens is 363 g/mol. The minimum Gasteiger partial charge on any atom is -0.497 e. The van der Waals surface area contributed by atoms with E-state index in [1.54, 1.807) is 37.4 Å². The van der Waals surface area contributed by atoms with Crippen LogP contribution in [0.2, 0.25) is 0 Å². The number of benzene rings is 2. The molecule has 3 aromatic rings. The molecule has 144 valence electrons. The summed E-state index contributed by atoms with van der Waals surface area (Å²) < 4.78 is 23.3.